The van der Waals surface area contributed by atoms with Gasteiger partial charge in [0.25, 0.3) is 0 Å². The molecule has 0 aliphatic carbocycles. The van der Waals surface area contributed by atoms with Gasteiger partial charge in [0.2, 0.25) is 5.91 Å². The van der Waals surface area contributed by atoms with Crippen LogP contribution in [0.15, 0.2) is 54.0 Å². The number of benzene rings is 1. The third-order valence-electron chi connectivity index (χ3n) is 3.09. The van der Waals surface area contributed by atoms with Gasteiger partial charge in [-0.25, -0.2) is 4.98 Å². The number of pyridine rings is 1. The maximum atomic E-state index is 12.1. The van der Waals surface area contributed by atoms with Crippen LogP contribution >= 0.6 is 11.3 Å². The maximum absolute atomic E-state index is 12.1. The third kappa shape index (κ3) is 3.82. The van der Waals surface area contributed by atoms with Crippen LogP contribution in [0.5, 0.6) is 0 Å². The second-order valence-corrected chi connectivity index (χ2v) is 5.67. The molecule has 2 aromatic heterocycles. The molecular formula is C18H13N3OS. The molecule has 0 aliphatic heterocycles. The minimum Gasteiger partial charge on any atom is -0.326 e. The predicted octanol–water partition coefficient (Wildman–Crippen LogP) is 3.37. The summed E-state index contributed by atoms with van der Waals surface area (Å²) in [6, 6.07) is 12.9. The summed E-state index contributed by atoms with van der Waals surface area (Å²) in [4.78, 5) is 20.8. The first kappa shape index (κ1) is 14.9. The Bertz CT molecular complexity index is 865. The van der Waals surface area contributed by atoms with Crippen molar-refractivity contribution in [2.75, 3.05) is 5.32 Å². The molecule has 23 heavy (non-hydrogen) atoms. The van der Waals surface area contributed by atoms with Gasteiger partial charge in [-0.1, -0.05) is 18.1 Å². The molecule has 112 valence electrons. The van der Waals surface area contributed by atoms with E-state index in [-0.39, 0.29) is 12.3 Å². The van der Waals surface area contributed by atoms with E-state index in [4.69, 9.17) is 6.42 Å². The van der Waals surface area contributed by atoms with Crippen LogP contribution in [0.25, 0.3) is 10.7 Å². The predicted molar refractivity (Wildman–Crippen MR) is 92.1 cm³/mol. The van der Waals surface area contributed by atoms with Crippen LogP contribution < -0.4 is 5.32 Å². The molecule has 0 aliphatic rings. The van der Waals surface area contributed by atoms with Gasteiger partial charge in [0.05, 0.1) is 17.8 Å². The van der Waals surface area contributed by atoms with Gasteiger partial charge in [0.1, 0.15) is 5.01 Å². The highest BCUT2D eigenvalue weighted by Crippen LogP contribution is 2.21. The number of anilines is 1. The van der Waals surface area contributed by atoms with Gasteiger partial charge in [-0.2, -0.15) is 0 Å². The summed E-state index contributed by atoms with van der Waals surface area (Å²) in [7, 11) is 0. The number of thiazole rings is 1. The molecule has 0 fully saturated rings. The monoisotopic (exact) mass is 319 g/mol. The third-order valence-corrected chi connectivity index (χ3v) is 4.00. The van der Waals surface area contributed by atoms with E-state index in [1.54, 1.807) is 18.3 Å². The molecule has 1 aromatic carbocycles. The number of carbonyl (C=O) groups excluding carboxylic acids is 1. The molecule has 4 nitrogen and oxygen atoms in total. The lowest BCUT2D eigenvalue weighted by Crippen LogP contribution is -2.14. The van der Waals surface area contributed by atoms with Gasteiger partial charge in [-0.3, -0.25) is 9.78 Å². The van der Waals surface area contributed by atoms with Crippen molar-refractivity contribution in [1.29, 1.82) is 0 Å². The topological polar surface area (TPSA) is 54.9 Å². The fourth-order valence-electron chi connectivity index (χ4n) is 2.05. The van der Waals surface area contributed by atoms with Gasteiger partial charge in [0.15, 0.2) is 0 Å². The summed E-state index contributed by atoms with van der Waals surface area (Å²) in [5.41, 5.74) is 2.95. The summed E-state index contributed by atoms with van der Waals surface area (Å²) in [6.07, 6.45) is 7.29. The lowest BCUT2D eigenvalue weighted by molar-refractivity contribution is -0.115. The summed E-state index contributed by atoms with van der Waals surface area (Å²) < 4.78 is 0. The van der Waals surface area contributed by atoms with E-state index in [0.717, 1.165) is 22.0 Å². The van der Waals surface area contributed by atoms with E-state index in [0.29, 0.717) is 5.69 Å². The Balaban J connectivity index is 1.67. The average molecular weight is 319 g/mol. The number of carbonyl (C=O) groups is 1. The molecule has 3 rings (SSSR count). The molecule has 0 atom stereocenters. The number of terminal acetylenes is 1. The zero-order valence-corrected chi connectivity index (χ0v) is 13.0. The number of hydrogen-bond acceptors (Lipinski definition) is 4. The van der Waals surface area contributed by atoms with Crippen molar-refractivity contribution in [3.63, 3.8) is 0 Å². The van der Waals surface area contributed by atoms with Gasteiger partial charge in [-0.05, 0) is 30.3 Å². The molecule has 5 heteroatoms. The normalized spacial score (nSPS) is 10.0. The Hall–Kier alpha value is -2.97. The lowest BCUT2D eigenvalue weighted by Gasteiger charge is -2.04. The first-order valence-corrected chi connectivity index (χ1v) is 7.85. The Morgan fingerprint density at radius 3 is 2.96 bits per heavy atom. The number of amides is 1. The number of nitrogens with zero attached hydrogens (tertiary/aromatic N) is 2. The SMILES string of the molecule is C#Cc1cccc(NC(=O)Cc2csc(-c3ccccn3)n2)c1. The quantitative estimate of drug-likeness (QED) is 0.750. The van der Waals surface area contributed by atoms with Crippen LogP contribution in [0.3, 0.4) is 0 Å². The highest BCUT2D eigenvalue weighted by molar-refractivity contribution is 7.13. The van der Waals surface area contributed by atoms with Gasteiger partial charge < -0.3 is 5.32 Å². The van der Waals surface area contributed by atoms with Crippen LogP contribution in [0.1, 0.15) is 11.3 Å². The van der Waals surface area contributed by atoms with Gasteiger partial charge >= 0.3 is 0 Å². The number of rotatable bonds is 4. The zero-order chi connectivity index (χ0) is 16.1. The Kier molecular flexibility index (Phi) is 4.46. The van der Waals surface area contributed by atoms with Crippen molar-refractivity contribution in [2.24, 2.45) is 0 Å². The molecule has 0 unspecified atom stereocenters. The first-order valence-electron chi connectivity index (χ1n) is 6.97. The number of hydrogen-bond donors (Lipinski definition) is 1. The molecule has 2 heterocycles. The molecule has 1 amide bonds. The highest BCUT2D eigenvalue weighted by atomic mass is 32.1. The van der Waals surface area contributed by atoms with E-state index in [1.807, 2.05) is 35.7 Å². The Morgan fingerprint density at radius 2 is 2.17 bits per heavy atom. The molecule has 0 saturated heterocycles. The van der Waals surface area contributed by atoms with Gasteiger partial charge in [-0.15, -0.1) is 17.8 Å². The van der Waals surface area contributed by atoms with E-state index in [1.165, 1.54) is 11.3 Å². The van der Waals surface area contributed by atoms with Crippen LogP contribution in [0.2, 0.25) is 0 Å². The van der Waals surface area contributed by atoms with Crippen molar-refractivity contribution in [2.45, 2.75) is 6.42 Å². The van der Waals surface area contributed by atoms with Crippen molar-refractivity contribution in [3.8, 4) is 23.0 Å². The van der Waals surface area contributed by atoms with Crippen LogP contribution in [-0.4, -0.2) is 15.9 Å². The van der Waals surface area contributed by atoms with Crippen molar-refractivity contribution >= 4 is 22.9 Å². The number of nitrogens with one attached hydrogen (secondary N) is 1. The minimum absolute atomic E-state index is 0.128. The van der Waals surface area contributed by atoms with Crippen molar-refractivity contribution < 1.29 is 4.79 Å². The van der Waals surface area contributed by atoms with Crippen LogP contribution in [0.4, 0.5) is 5.69 Å². The minimum atomic E-state index is -0.128. The lowest BCUT2D eigenvalue weighted by atomic mass is 10.2. The maximum Gasteiger partial charge on any atom is 0.230 e. The fraction of sp³-hybridized carbons (Fsp3) is 0.0556. The van der Waals surface area contributed by atoms with E-state index in [2.05, 4.69) is 21.2 Å². The summed E-state index contributed by atoms with van der Waals surface area (Å²) in [5, 5.41) is 5.51. The molecule has 3 aromatic rings. The second-order valence-electron chi connectivity index (χ2n) is 4.81. The van der Waals surface area contributed by atoms with Gasteiger partial charge in [0, 0.05) is 22.8 Å². The Labute approximate surface area is 138 Å². The highest BCUT2D eigenvalue weighted by Gasteiger charge is 2.10. The summed E-state index contributed by atoms with van der Waals surface area (Å²) in [5.74, 6) is 2.42. The smallest absolute Gasteiger partial charge is 0.230 e. The molecular weight excluding hydrogens is 306 g/mol. The van der Waals surface area contributed by atoms with Crippen LogP contribution in [0, 0.1) is 12.3 Å². The molecule has 0 spiro atoms. The zero-order valence-electron chi connectivity index (χ0n) is 12.2. The van der Waals surface area contributed by atoms with Crippen molar-refractivity contribution in [3.05, 3.63) is 65.3 Å². The Morgan fingerprint density at radius 1 is 1.26 bits per heavy atom. The summed E-state index contributed by atoms with van der Waals surface area (Å²) in [6.45, 7) is 0. The second kappa shape index (κ2) is 6.86. The molecule has 0 radical (unpaired) electrons. The standard InChI is InChI=1S/C18H13N3OS/c1-2-13-6-5-7-14(10-13)20-17(22)11-15-12-23-18(21-15)16-8-3-4-9-19-16/h1,3-10,12H,11H2,(H,20,22). The van der Waals surface area contributed by atoms with E-state index in [9.17, 15) is 4.79 Å². The largest absolute Gasteiger partial charge is 0.326 e. The van der Waals surface area contributed by atoms with Crippen molar-refractivity contribution in [1.82, 2.24) is 9.97 Å². The fourth-order valence-corrected chi connectivity index (χ4v) is 2.85. The molecule has 0 saturated carbocycles. The van der Waals surface area contributed by atoms with E-state index >= 15 is 0 Å². The van der Waals surface area contributed by atoms with Crippen LogP contribution in [-0.2, 0) is 11.2 Å². The molecule has 1 N–H and O–H groups in total. The number of aromatic nitrogens is 2. The first-order chi connectivity index (χ1) is 11.2. The average Bonchev–Trinajstić information content (AvgIpc) is 3.04. The summed E-state index contributed by atoms with van der Waals surface area (Å²) >= 11 is 1.48. The molecule has 0 bridgehead atoms. The van der Waals surface area contributed by atoms with E-state index < -0.39 is 0 Å².